The second kappa shape index (κ2) is 7.75. The molecule has 0 saturated carbocycles. The molecular formula is C17H23NO2. The summed E-state index contributed by atoms with van der Waals surface area (Å²) >= 11 is 0. The van der Waals surface area contributed by atoms with Gasteiger partial charge in [0.2, 0.25) is 0 Å². The summed E-state index contributed by atoms with van der Waals surface area (Å²) in [5.41, 5.74) is 2.51. The lowest BCUT2D eigenvalue weighted by Gasteiger charge is -2.05. The molecule has 0 radical (unpaired) electrons. The summed E-state index contributed by atoms with van der Waals surface area (Å²) < 4.78 is 11.2. The molecular weight excluding hydrogens is 250 g/mol. The SMILES string of the molecule is CCCCc1ccc(OCc2cc(CNC)co2)cc1. The van der Waals surface area contributed by atoms with Gasteiger partial charge in [-0.3, -0.25) is 0 Å². The fraction of sp³-hybridized carbons (Fsp3) is 0.412. The van der Waals surface area contributed by atoms with Gasteiger partial charge in [-0.2, -0.15) is 0 Å². The minimum Gasteiger partial charge on any atom is -0.486 e. The lowest BCUT2D eigenvalue weighted by Crippen LogP contribution is -2.03. The Morgan fingerprint density at radius 2 is 1.95 bits per heavy atom. The standard InChI is InChI=1S/C17H23NO2/c1-3-4-5-14-6-8-16(9-7-14)20-13-17-10-15(11-18-2)12-19-17/h6-10,12,18H,3-5,11,13H2,1-2H3. The molecule has 1 N–H and O–H groups in total. The molecule has 3 heteroatoms. The van der Waals surface area contributed by atoms with E-state index >= 15 is 0 Å². The number of aryl methyl sites for hydroxylation is 1. The van der Waals surface area contributed by atoms with Gasteiger partial charge in [0.15, 0.2) is 0 Å². The molecule has 2 rings (SSSR count). The zero-order valence-corrected chi connectivity index (χ0v) is 12.3. The fourth-order valence-corrected chi connectivity index (χ4v) is 2.09. The Morgan fingerprint density at radius 1 is 1.15 bits per heavy atom. The summed E-state index contributed by atoms with van der Waals surface area (Å²) in [7, 11) is 1.92. The van der Waals surface area contributed by atoms with Crippen LogP contribution in [0.5, 0.6) is 5.75 Å². The Kier molecular flexibility index (Phi) is 5.69. The molecule has 0 amide bonds. The van der Waals surface area contributed by atoms with Gasteiger partial charge in [0.1, 0.15) is 18.1 Å². The molecule has 0 saturated heterocycles. The van der Waals surface area contributed by atoms with Gasteiger partial charge in [0.25, 0.3) is 0 Å². The highest BCUT2D eigenvalue weighted by Crippen LogP contribution is 2.16. The first-order valence-electron chi connectivity index (χ1n) is 7.24. The zero-order valence-electron chi connectivity index (χ0n) is 12.3. The third-order valence-electron chi connectivity index (χ3n) is 3.21. The van der Waals surface area contributed by atoms with E-state index in [1.54, 1.807) is 6.26 Å². The average molecular weight is 273 g/mol. The van der Waals surface area contributed by atoms with Crippen LogP contribution in [0.3, 0.4) is 0 Å². The Bertz CT molecular complexity index is 502. The van der Waals surface area contributed by atoms with Gasteiger partial charge in [0, 0.05) is 12.1 Å². The highest BCUT2D eigenvalue weighted by atomic mass is 16.5. The molecule has 0 aliphatic carbocycles. The Balaban J connectivity index is 1.83. The first kappa shape index (κ1) is 14.7. The zero-order chi connectivity index (χ0) is 14.2. The van der Waals surface area contributed by atoms with Gasteiger partial charge < -0.3 is 14.5 Å². The van der Waals surface area contributed by atoms with Crippen molar-refractivity contribution in [2.45, 2.75) is 39.3 Å². The Hall–Kier alpha value is -1.74. The predicted octanol–water partition coefficient (Wildman–Crippen LogP) is 3.92. The Morgan fingerprint density at radius 3 is 2.65 bits per heavy atom. The van der Waals surface area contributed by atoms with E-state index < -0.39 is 0 Å². The number of rotatable bonds is 8. The lowest BCUT2D eigenvalue weighted by molar-refractivity contribution is 0.270. The molecule has 1 heterocycles. The van der Waals surface area contributed by atoms with Crippen molar-refractivity contribution in [1.82, 2.24) is 5.32 Å². The van der Waals surface area contributed by atoms with Crippen molar-refractivity contribution in [2.75, 3.05) is 7.05 Å². The van der Waals surface area contributed by atoms with E-state index in [0.717, 1.165) is 30.0 Å². The molecule has 2 aromatic rings. The highest BCUT2D eigenvalue weighted by Gasteiger charge is 2.02. The van der Waals surface area contributed by atoms with E-state index in [2.05, 4.69) is 24.4 Å². The molecule has 1 aromatic carbocycles. The normalized spacial score (nSPS) is 10.7. The highest BCUT2D eigenvalue weighted by molar-refractivity contribution is 5.27. The molecule has 108 valence electrons. The van der Waals surface area contributed by atoms with E-state index in [0.29, 0.717) is 6.61 Å². The van der Waals surface area contributed by atoms with Crippen molar-refractivity contribution in [2.24, 2.45) is 0 Å². The predicted molar refractivity (Wildman–Crippen MR) is 80.9 cm³/mol. The van der Waals surface area contributed by atoms with Crippen LogP contribution in [-0.4, -0.2) is 7.05 Å². The maximum absolute atomic E-state index is 5.73. The van der Waals surface area contributed by atoms with Gasteiger partial charge in [0.05, 0.1) is 6.26 Å². The Labute approximate surface area is 121 Å². The molecule has 0 bridgehead atoms. The van der Waals surface area contributed by atoms with E-state index in [-0.39, 0.29) is 0 Å². The van der Waals surface area contributed by atoms with E-state index in [1.807, 2.05) is 25.2 Å². The fourth-order valence-electron chi connectivity index (χ4n) is 2.09. The minimum atomic E-state index is 0.470. The van der Waals surface area contributed by atoms with Crippen LogP contribution in [0.4, 0.5) is 0 Å². The van der Waals surface area contributed by atoms with Crippen LogP contribution in [-0.2, 0) is 19.6 Å². The van der Waals surface area contributed by atoms with Crippen molar-refractivity contribution in [3.8, 4) is 5.75 Å². The summed E-state index contributed by atoms with van der Waals surface area (Å²) in [6.45, 7) is 3.50. The van der Waals surface area contributed by atoms with Crippen molar-refractivity contribution in [1.29, 1.82) is 0 Å². The smallest absolute Gasteiger partial charge is 0.146 e. The van der Waals surface area contributed by atoms with Crippen LogP contribution in [0.2, 0.25) is 0 Å². The number of unbranched alkanes of at least 4 members (excludes halogenated alkanes) is 1. The second-order valence-electron chi connectivity index (χ2n) is 4.99. The largest absolute Gasteiger partial charge is 0.486 e. The van der Waals surface area contributed by atoms with Crippen LogP contribution in [0, 0.1) is 0 Å². The maximum atomic E-state index is 5.73. The maximum Gasteiger partial charge on any atom is 0.146 e. The number of ether oxygens (including phenoxy) is 1. The molecule has 0 atom stereocenters. The van der Waals surface area contributed by atoms with Gasteiger partial charge in [-0.1, -0.05) is 25.5 Å². The molecule has 0 aliphatic rings. The number of nitrogens with one attached hydrogen (secondary N) is 1. The monoisotopic (exact) mass is 273 g/mol. The van der Waals surface area contributed by atoms with Crippen molar-refractivity contribution in [3.63, 3.8) is 0 Å². The molecule has 3 nitrogen and oxygen atoms in total. The van der Waals surface area contributed by atoms with E-state index in [9.17, 15) is 0 Å². The van der Waals surface area contributed by atoms with Crippen molar-refractivity contribution in [3.05, 3.63) is 53.5 Å². The summed E-state index contributed by atoms with van der Waals surface area (Å²) in [4.78, 5) is 0. The second-order valence-corrected chi connectivity index (χ2v) is 4.99. The lowest BCUT2D eigenvalue weighted by atomic mass is 10.1. The van der Waals surface area contributed by atoms with Gasteiger partial charge in [-0.05, 0) is 43.7 Å². The number of benzene rings is 1. The molecule has 0 fully saturated rings. The van der Waals surface area contributed by atoms with Gasteiger partial charge >= 0.3 is 0 Å². The summed E-state index contributed by atoms with van der Waals surface area (Å²) in [6, 6.07) is 10.4. The van der Waals surface area contributed by atoms with E-state index in [1.165, 1.54) is 18.4 Å². The van der Waals surface area contributed by atoms with Gasteiger partial charge in [-0.15, -0.1) is 0 Å². The van der Waals surface area contributed by atoms with Crippen LogP contribution >= 0.6 is 0 Å². The minimum absolute atomic E-state index is 0.470. The van der Waals surface area contributed by atoms with Crippen LogP contribution in [0.1, 0.15) is 36.7 Å². The first-order valence-corrected chi connectivity index (χ1v) is 7.24. The average Bonchev–Trinajstić information content (AvgIpc) is 2.92. The molecule has 20 heavy (non-hydrogen) atoms. The summed E-state index contributed by atoms with van der Waals surface area (Å²) in [6.07, 6.45) is 5.37. The van der Waals surface area contributed by atoms with E-state index in [4.69, 9.17) is 9.15 Å². The number of hydrogen-bond donors (Lipinski definition) is 1. The van der Waals surface area contributed by atoms with Crippen LogP contribution < -0.4 is 10.1 Å². The molecule has 0 aliphatic heterocycles. The van der Waals surface area contributed by atoms with Crippen molar-refractivity contribution < 1.29 is 9.15 Å². The third kappa shape index (κ3) is 4.42. The number of furan rings is 1. The number of hydrogen-bond acceptors (Lipinski definition) is 3. The van der Waals surface area contributed by atoms with Gasteiger partial charge in [-0.25, -0.2) is 0 Å². The summed E-state index contributed by atoms with van der Waals surface area (Å²) in [5, 5.41) is 3.09. The quantitative estimate of drug-likeness (QED) is 0.791. The van der Waals surface area contributed by atoms with Crippen LogP contribution in [0.25, 0.3) is 0 Å². The molecule has 0 spiro atoms. The first-order chi connectivity index (χ1) is 9.81. The van der Waals surface area contributed by atoms with Crippen molar-refractivity contribution >= 4 is 0 Å². The molecule has 0 unspecified atom stereocenters. The molecule has 1 aromatic heterocycles. The van der Waals surface area contributed by atoms with Crippen LogP contribution in [0.15, 0.2) is 41.0 Å². The summed E-state index contributed by atoms with van der Waals surface area (Å²) in [5.74, 6) is 1.74. The topological polar surface area (TPSA) is 34.4 Å². The third-order valence-corrected chi connectivity index (χ3v) is 3.21.